The molecular weight excluding hydrogens is 198 g/mol. The lowest BCUT2D eigenvalue weighted by molar-refractivity contribution is 0.0998. The molecule has 0 amide bonds. The normalized spacial score (nSPS) is 10.8. The summed E-state index contributed by atoms with van der Waals surface area (Å²) in [4.78, 5) is 11.3. The number of hydrogen-bond donors (Lipinski definition) is 0. The van der Waals surface area contributed by atoms with Crippen molar-refractivity contribution in [2.75, 3.05) is 0 Å². The third-order valence-corrected chi connectivity index (χ3v) is 2.42. The van der Waals surface area contributed by atoms with Gasteiger partial charge in [-0.15, -0.1) is 0 Å². The van der Waals surface area contributed by atoms with E-state index in [9.17, 15) is 13.6 Å². The number of halogens is 2. The van der Waals surface area contributed by atoms with Crippen LogP contribution in [0.1, 0.15) is 47.3 Å². The van der Waals surface area contributed by atoms with Crippen molar-refractivity contribution in [2.24, 2.45) is 0 Å². The van der Waals surface area contributed by atoms with Gasteiger partial charge in [0.05, 0.1) is 0 Å². The van der Waals surface area contributed by atoms with E-state index in [1.807, 2.05) is 6.92 Å². The van der Waals surface area contributed by atoms with Crippen molar-refractivity contribution < 1.29 is 13.6 Å². The second-order valence-corrected chi connectivity index (χ2v) is 3.59. The lowest BCUT2D eigenvalue weighted by Gasteiger charge is -2.11. The number of alkyl halides is 2. The Morgan fingerprint density at radius 1 is 1.40 bits per heavy atom. The number of carbonyl (C=O) groups is 1. The Bertz CT molecular complexity index is 383. The van der Waals surface area contributed by atoms with Gasteiger partial charge in [0.25, 0.3) is 6.43 Å². The summed E-state index contributed by atoms with van der Waals surface area (Å²) in [5.41, 5.74) is 1.51. The van der Waals surface area contributed by atoms with Gasteiger partial charge in [0.15, 0.2) is 5.78 Å². The molecule has 0 aromatic heterocycles. The van der Waals surface area contributed by atoms with E-state index >= 15 is 0 Å². The van der Waals surface area contributed by atoms with Crippen LogP contribution in [0, 0.1) is 6.92 Å². The highest BCUT2D eigenvalue weighted by Gasteiger charge is 2.18. The Morgan fingerprint density at radius 2 is 2.00 bits per heavy atom. The number of benzene rings is 1. The third kappa shape index (κ3) is 2.41. The fourth-order valence-corrected chi connectivity index (χ4v) is 1.75. The van der Waals surface area contributed by atoms with E-state index in [1.165, 1.54) is 13.0 Å². The highest BCUT2D eigenvalue weighted by atomic mass is 19.3. The summed E-state index contributed by atoms with van der Waals surface area (Å²) in [6.07, 6.45) is -1.90. The number of Topliss-reactive ketones (excluding diaryl/α,β-unsaturated/α-hetero) is 1. The van der Waals surface area contributed by atoms with E-state index in [4.69, 9.17) is 0 Å². The Morgan fingerprint density at radius 3 is 2.40 bits per heavy atom. The first-order valence-electron chi connectivity index (χ1n) is 4.89. The highest BCUT2D eigenvalue weighted by molar-refractivity contribution is 5.97. The molecule has 0 saturated carbocycles. The van der Waals surface area contributed by atoms with Crippen LogP contribution in [0.4, 0.5) is 8.78 Å². The predicted octanol–water partition coefficient (Wildman–Crippen LogP) is 3.70. The maximum Gasteiger partial charge on any atom is 0.264 e. The van der Waals surface area contributed by atoms with E-state index in [0.29, 0.717) is 12.0 Å². The zero-order valence-electron chi connectivity index (χ0n) is 9.10. The van der Waals surface area contributed by atoms with Crippen molar-refractivity contribution in [2.45, 2.75) is 33.6 Å². The fraction of sp³-hybridized carbons (Fsp3) is 0.417. The van der Waals surface area contributed by atoms with Crippen LogP contribution < -0.4 is 0 Å². The lowest BCUT2D eigenvalue weighted by atomic mass is 9.95. The fourth-order valence-electron chi connectivity index (χ4n) is 1.75. The largest absolute Gasteiger partial charge is 0.294 e. The van der Waals surface area contributed by atoms with Crippen LogP contribution in [0.25, 0.3) is 0 Å². The van der Waals surface area contributed by atoms with E-state index in [1.54, 1.807) is 13.0 Å². The zero-order valence-corrected chi connectivity index (χ0v) is 9.10. The van der Waals surface area contributed by atoms with Crippen molar-refractivity contribution in [3.8, 4) is 0 Å². The molecule has 0 radical (unpaired) electrons. The average molecular weight is 212 g/mol. The van der Waals surface area contributed by atoms with Crippen molar-refractivity contribution in [3.63, 3.8) is 0 Å². The molecule has 0 fully saturated rings. The van der Waals surface area contributed by atoms with Crippen molar-refractivity contribution in [3.05, 3.63) is 34.4 Å². The predicted molar refractivity (Wildman–Crippen MR) is 55.5 cm³/mol. The van der Waals surface area contributed by atoms with Gasteiger partial charge in [-0.05, 0) is 37.5 Å². The number of hydrogen-bond acceptors (Lipinski definition) is 1. The first kappa shape index (κ1) is 11.8. The molecule has 82 valence electrons. The smallest absolute Gasteiger partial charge is 0.264 e. The van der Waals surface area contributed by atoms with Crippen molar-refractivity contribution in [1.82, 2.24) is 0 Å². The molecule has 0 unspecified atom stereocenters. The number of carbonyl (C=O) groups excluding carboxylic acids is 1. The summed E-state index contributed by atoms with van der Waals surface area (Å²) in [7, 11) is 0. The van der Waals surface area contributed by atoms with Gasteiger partial charge in [-0.25, -0.2) is 8.78 Å². The lowest BCUT2D eigenvalue weighted by Crippen LogP contribution is -2.04. The molecule has 1 rings (SSSR count). The van der Waals surface area contributed by atoms with Crippen LogP contribution in [0.5, 0.6) is 0 Å². The number of ketones is 1. The standard InChI is InChI=1S/C12H14F2O/c1-4-9-5-7(2)11(8(3)15)10(6-9)12(13)14/h5-6,12H,4H2,1-3H3. The SMILES string of the molecule is CCc1cc(C)c(C(C)=O)c(C(F)F)c1. The summed E-state index contributed by atoms with van der Waals surface area (Å²) in [5.74, 6) is -0.301. The van der Waals surface area contributed by atoms with E-state index in [0.717, 1.165) is 5.56 Å². The Hall–Kier alpha value is -1.25. The van der Waals surface area contributed by atoms with Gasteiger partial charge in [-0.3, -0.25) is 4.79 Å². The van der Waals surface area contributed by atoms with Crippen LogP contribution in [-0.2, 0) is 6.42 Å². The summed E-state index contributed by atoms with van der Waals surface area (Å²) in [6, 6.07) is 3.22. The maximum absolute atomic E-state index is 12.7. The molecule has 0 N–H and O–H groups in total. The molecule has 0 spiro atoms. The molecule has 1 aromatic carbocycles. The minimum absolute atomic E-state index is 0.139. The van der Waals surface area contributed by atoms with Gasteiger partial charge in [-0.1, -0.05) is 13.0 Å². The zero-order chi connectivity index (χ0) is 11.6. The van der Waals surface area contributed by atoms with Gasteiger partial charge in [-0.2, -0.15) is 0 Å². The maximum atomic E-state index is 12.7. The average Bonchev–Trinajstić information content (AvgIpc) is 2.15. The third-order valence-electron chi connectivity index (χ3n) is 2.42. The van der Waals surface area contributed by atoms with Gasteiger partial charge >= 0.3 is 0 Å². The molecule has 0 aliphatic heterocycles. The monoisotopic (exact) mass is 212 g/mol. The van der Waals surface area contributed by atoms with Crippen LogP contribution in [-0.4, -0.2) is 5.78 Å². The second kappa shape index (κ2) is 4.51. The molecule has 0 heterocycles. The molecule has 0 atom stereocenters. The van der Waals surface area contributed by atoms with Crippen molar-refractivity contribution in [1.29, 1.82) is 0 Å². The molecule has 3 heteroatoms. The second-order valence-electron chi connectivity index (χ2n) is 3.59. The van der Waals surface area contributed by atoms with Crippen LogP contribution >= 0.6 is 0 Å². The van der Waals surface area contributed by atoms with E-state index in [-0.39, 0.29) is 16.9 Å². The quantitative estimate of drug-likeness (QED) is 0.698. The van der Waals surface area contributed by atoms with Crippen LogP contribution in [0.15, 0.2) is 12.1 Å². The Kier molecular flexibility index (Phi) is 3.56. The Labute approximate surface area is 88.1 Å². The molecular formula is C12H14F2O. The summed E-state index contributed by atoms with van der Waals surface area (Å²) in [5, 5.41) is 0. The topological polar surface area (TPSA) is 17.1 Å². The molecule has 0 aliphatic rings. The summed E-state index contributed by atoms with van der Waals surface area (Å²) < 4.78 is 25.5. The number of aryl methyl sites for hydroxylation is 2. The first-order chi connectivity index (χ1) is 6.97. The van der Waals surface area contributed by atoms with E-state index in [2.05, 4.69) is 0 Å². The minimum Gasteiger partial charge on any atom is -0.294 e. The number of rotatable bonds is 3. The molecule has 1 aromatic rings. The summed E-state index contributed by atoms with van der Waals surface area (Å²) >= 11 is 0. The molecule has 15 heavy (non-hydrogen) atoms. The highest BCUT2D eigenvalue weighted by Crippen LogP contribution is 2.27. The minimum atomic E-state index is -2.59. The van der Waals surface area contributed by atoms with Gasteiger partial charge in [0, 0.05) is 11.1 Å². The van der Waals surface area contributed by atoms with Crippen molar-refractivity contribution >= 4 is 5.78 Å². The van der Waals surface area contributed by atoms with Gasteiger partial charge in [0.2, 0.25) is 0 Å². The van der Waals surface area contributed by atoms with Gasteiger partial charge < -0.3 is 0 Å². The van der Waals surface area contributed by atoms with E-state index < -0.39 is 6.43 Å². The molecule has 0 bridgehead atoms. The molecule has 0 aliphatic carbocycles. The summed E-state index contributed by atoms with van der Waals surface area (Å²) in [6.45, 7) is 4.92. The first-order valence-corrected chi connectivity index (χ1v) is 4.89. The van der Waals surface area contributed by atoms with Gasteiger partial charge in [0.1, 0.15) is 0 Å². The van der Waals surface area contributed by atoms with Crippen LogP contribution in [0.3, 0.4) is 0 Å². The molecule has 0 saturated heterocycles. The Balaban J connectivity index is 3.42. The van der Waals surface area contributed by atoms with Crippen LogP contribution in [0.2, 0.25) is 0 Å². The molecule has 1 nitrogen and oxygen atoms in total.